The average molecular weight is 351 g/mol. The van der Waals surface area contributed by atoms with Crippen LogP contribution in [0.15, 0.2) is 12.7 Å². The Morgan fingerprint density at radius 2 is 1.92 bits per heavy atom. The van der Waals surface area contributed by atoms with Gasteiger partial charge in [0.25, 0.3) is 0 Å². The Labute approximate surface area is 154 Å². The molecule has 2 fully saturated rings. The van der Waals surface area contributed by atoms with Gasteiger partial charge in [-0.3, -0.25) is 4.79 Å². The van der Waals surface area contributed by atoms with Gasteiger partial charge in [0.1, 0.15) is 5.60 Å². The van der Waals surface area contributed by atoms with E-state index in [0.29, 0.717) is 17.8 Å². The van der Waals surface area contributed by atoms with Gasteiger partial charge in [-0.1, -0.05) is 33.3 Å². The van der Waals surface area contributed by atoms with Gasteiger partial charge in [0.2, 0.25) is 0 Å². The zero-order chi connectivity index (χ0) is 19.1. The van der Waals surface area contributed by atoms with Crippen LogP contribution in [0.25, 0.3) is 0 Å². The van der Waals surface area contributed by atoms with Crippen LogP contribution in [0.1, 0.15) is 86.5 Å². The second-order valence-electron chi connectivity index (χ2n) is 10.00. The molecule has 5 atom stereocenters. The van der Waals surface area contributed by atoms with Crippen LogP contribution in [0.2, 0.25) is 0 Å². The number of hydrogen-bond donors (Lipinski definition) is 1. The highest BCUT2D eigenvalue weighted by molar-refractivity contribution is 5.66. The van der Waals surface area contributed by atoms with Crippen LogP contribution in [-0.2, 0) is 9.53 Å². The van der Waals surface area contributed by atoms with Crippen molar-refractivity contribution < 1.29 is 14.6 Å². The normalized spacial score (nSPS) is 39.8. The minimum absolute atomic E-state index is 0.140. The van der Waals surface area contributed by atoms with Crippen LogP contribution >= 0.6 is 0 Å². The van der Waals surface area contributed by atoms with Crippen LogP contribution in [-0.4, -0.2) is 22.3 Å². The lowest BCUT2D eigenvalue weighted by molar-refractivity contribution is -0.200. The number of fused-ring (bicyclic) bond motifs is 1. The topological polar surface area (TPSA) is 46.5 Å². The van der Waals surface area contributed by atoms with E-state index in [1.165, 1.54) is 26.2 Å². The molecule has 0 aromatic carbocycles. The van der Waals surface area contributed by atoms with Gasteiger partial charge >= 0.3 is 5.97 Å². The quantitative estimate of drug-likeness (QED) is 0.543. The Morgan fingerprint density at radius 1 is 1.28 bits per heavy atom. The predicted molar refractivity (Wildman–Crippen MR) is 102 cm³/mol. The van der Waals surface area contributed by atoms with Crippen molar-refractivity contribution in [1.82, 2.24) is 0 Å². The van der Waals surface area contributed by atoms with Crippen molar-refractivity contribution in [2.45, 2.75) is 97.7 Å². The fourth-order valence-corrected chi connectivity index (χ4v) is 6.23. The van der Waals surface area contributed by atoms with Gasteiger partial charge in [-0.25, -0.2) is 0 Å². The molecule has 0 saturated heterocycles. The maximum atomic E-state index is 11.8. The van der Waals surface area contributed by atoms with E-state index in [1.54, 1.807) is 6.08 Å². The summed E-state index contributed by atoms with van der Waals surface area (Å²) in [6.07, 6.45) is 8.84. The molecule has 3 heteroatoms. The number of aliphatic hydroxyl groups is 1. The van der Waals surface area contributed by atoms with Gasteiger partial charge < -0.3 is 9.84 Å². The highest BCUT2D eigenvalue weighted by atomic mass is 16.6. The number of hydrogen-bond acceptors (Lipinski definition) is 3. The van der Waals surface area contributed by atoms with Crippen LogP contribution in [0.5, 0.6) is 0 Å². The molecule has 3 nitrogen and oxygen atoms in total. The SMILES string of the molecule is C=C[C@](C)(O)CC[C@@H]1[C@@]2(C)CCCC(C)(C)[C@@H]2CC[C@@]1(C)OC(C)=O. The van der Waals surface area contributed by atoms with Crippen molar-refractivity contribution in [3.05, 3.63) is 12.7 Å². The first-order valence-corrected chi connectivity index (χ1v) is 9.92. The Kier molecular flexibility index (Phi) is 5.50. The van der Waals surface area contributed by atoms with Crippen LogP contribution < -0.4 is 0 Å². The van der Waals surface area contributed by atoms with Gasteiger partial charge in [0, 0.05) is 12.8 Å². The zero-order valence-corrected chi connectivity index (χ0v) is 17.2. The first kappa shape index (κ1) is 20.5. The number of esters is 1. The maximum absolute atomic E-state index is 11.8. The minimum atomic E-state index is -0.870. The van der Waals surface area contributed by atoms with E-state index in [9.17, 15) is 9.90 Å². The van der Waals surface area contributed by atoms with Crippen LogP contribution in [0, 0.1) is 22.7 Å². The fourth-order valence-electron chi connectivity index (χ4n) is 6.23. The summed E-state index contributed by atoms with van der Waals surface area (Å²) in [5, 5.41) is 10.5. The Bertz CT molecular complexity index is 521. The Morgan fingerprint density at radius 3 is 2.48 bits per heavy atom. The van der Waals surface area contributed by atoms with Gasteiger partial charge in [-0.2, -0.15) is 0 Å². The molecular formula is C22H38O3. The molecule has 0 aliphatic heterocycles. The molecule has 2 aliphatic rings. The third-order valence-electron chi connectivity index (χ3n) is 7.49. The van der Waals surface area contributed by atoms with Gasteiger partial charge in [0.15, 0.2) is 0 Å². The second kappa shape index (κ2) is 6.72. The molecule has 25 heavy (non-hydrogen) atoms. The third-order valence-corrected chi connectivity index (χ3v) is 7.49. The smallest absolute Gasteiger partial charge is 0.303 e. The Hall–Kier alpha value is -0.830. The highest BCUT2D eigenvalue weighted by Crippen LogP contribution is 2.63. The van der Waals surface area contributed by atoms with E-state index < -0.39 is 11.2 Å². The van der Waals surface area contributed by atoms with E-state index in [2.05, 4.69) is 34.3 Å². The molecule has 1 N–H and O–H groups in total. The first-order chi connectivity index (χ1) is 11.4. The highest BCUT2D eigenvalue weighted by Gasteiger charge is 2.59. The summed E-state index contributed by atoms with van der Waals surface area (Å²) in [5.74, 6) is 0.699. The van der Waals surface area contributed by atoms with Crippen LogP contribution in [0.3, 0.4) is 0 Å². The number of rotatable bonds is 5. The minimum Gasteiger partial charge on any atom is -0.459 e. The molecule has 0 unspecified atom stereocenters. The molecule has 0 bridgehead atoms. The third kappa shape index (κ3) is 3.97. The average Bonchev–Trinajstić information content (AvgIpc) is 2.44. The summed E-state index contributed by atoms with van der Waals surface area (Å²) in [6.45, 7) is 16.4. The number of ether oxygens (including phenoxy) is 1. The second-order valence-corrected chi connectivity index (χ2v) is 10.00. The molecule has 2 saturated carbocycles. The molecule has 0 radical (unpaired) electrons. The summed E-state index contributed by atoms with van der Waals surface area (Å²) in [5.41, 5.74) is -0.850. The largest absolute Gasteiger partial charge is 0.459 e. The number of carbonyl (C=O) groups excluding carboxylic acids is 1. The van der Waals surface area contributed by atoms with Gasteiger partial charge in [-0.15, -0.1) is 6.58 Å². The summed E-state index contributed by atoms with van der Waals surface area (Å²) >= 11 is 0. The lowest BCUT2D eigenvalue weighted by atomic mass is 9.45. The molecule has 0 spiro atoms. The molecule has 0 aromatic rings. The number of carbonyl (C=O) groups is 1. The van der Waals surface area contributed by atoms with Crippen molar-refractivity contribution >= 4 is 5.97 Å². The van der Waals surface area contributed by atoms with Gasteiger partial charge in [-0.05, 0) is 69.1 Å². The van der Waals surface area contributed by atoms with E-state index in [4.69, 9.17) is 4.74 Å². The fraction of sp³-hybridized carbons (Fsp3) is 0.864. The summed E-state index contributed by atoms with van der Waals surface area (Å²) in [6, 6.07) is 0. The Balaban J connectivity index is 2.38. The van der Waals surface area contributed by atoms with E-state index >= 15 is 0 Å². The summed E-state index contributed by atoms with van der Waals surface area (Å²) in [4.78, 5) is 11.8. The predicted octanol–water partition coefficient (Wildman–Crippen LogP) is 5.27. The van der Waals surface area contributed by atoms with Gasteiger partial charge in [0.05, 0.1) is 5.60 Å². The lowest BCUT2D eigenvalue weighted by Gasteiger charge is -2.62. The van der Waals surface area contributed by atoms with Crippen LogP contribution in [0.4, 0.5) is 0 Å². The van der Waals surface area contributed by atoms with E-state index in [0.717, 1.165) is 19.3 Å². The van der Waals surface area contributed by atoms with Crippen molar-refractivity contribution in [2.75, 3.05) is 0 Å². The molecule has 0 heterocycles. The van der Waals surface area contributed by atoms with E-state index in [-0.39, 0.29) is 17.3 Å². The maximum Gasteiger partial charge on any atom is 0.303 e. The molecule has 2 aliphatic carbocycles. The van der Waals surface area contributed by atoms with Crippen molar-refractivity contribution in [3.63, 3.8) is 0 Å². The molecule has 0 amide bonds. The monoisotopic (exact) mass is 350 g/mol. The van der Waals surface area contributed by atoms with E-state index in [1.807, 2.05) is 6.92 Å². The molecule has 2 rings (SSSR count). The molecule has 144 valence electrons. The summed E-state index contributed by atoms with van der Waals surface area (Å²) in [7, 11) is 0. The zero-order valence-electron chi connectivity index (χ0n) is 17.2. The van der Waals surface area contributed by atoms with Crippen molar-refractivity contribution in [1.29, 1.82) is 0 Å². The standard InChI is InChI=1S/C22H38O3/c1-8-20(5,24)14-10-18-21(6)13-9-12-19(3,4)17(21)11-15-22(18,7)25-16(2)23/h8,17-18,24H,1,9-15H2,2-7H3/t17-,18+,20-,21-,22+/m0/s1. The molecule has 0 aromatic heterocycles. The van der Waals surface area contributed by atoms with Crippen molar-refractivity contribution in [3.8, 4) is 0 Å². The van der Waals surface area contributed by atoms with Crippen molar-refractivity contribution in [2.24, 2.45) is 22.7 Å². The lowest BCUT2D eigenvalue weighted by Crippen LogP contribution is -2.59. The first-order valence-electron chi connectivity index (χ1n) is 9.92. The summed E-state index contributed by atoms with van der Waals surface area (Å²) < 4.78 is 5.93. The molecular weight excluding hydrogens is 312 g/mol.